The quantitative estimate of drug-likeness (QED) is 0.629. The lowest BCUT2D eigenvalue weighted by molar-refractivity contribution is -0.0435. The molecule has 0 heterocycles. The fourth-order valence-electron chi connectivity index (χ4n) is 2.83. The Bertz CT molecular complexity index is 973. The van der Waals surface area contributed by atoms with E-state index in [1.807, 2.05) is 13.8 Å². The average Bonchev–Trinajstić information content (AvgIpc) is 2.69. The Morgan fingerprint density at radius 2 is 1.60 bits per heavy atom. The van der Waals surface area contributed by atoms with Crippen LogP contribution in [0.4, 0.5) is 29.3 Å². The Kier molecular flexibility index (Phi) is 7.35. The topological polar surface area (TPSA) is 78.5 Å². The molecule has 0 spiro atoms. The smallest absolute Gasteiger partial charge is 0.377 e. The summed E-state index contributed by atoms with van der Waals surface area (Å²) in [7, 11) is -5.48. The third-order valence-corrected chi connectivity index (χ3v) is 6.11. The van der Waals surface area contributed by atoms with Gasteiger partial charge >= 0.3 is 11.5 Å². The van der Waals surface area contributed by atoms with E-state index in [4.69, 9.17) is 0 Å². The summed E-state index contributed by atoms with van der Waals surface area (Å²) in [6.45, 7) is 6.58. The minimum absolute atomic E-state index is 0.138. The molecule has 164 valence electrons. The first-order valence-electron chi connectivity index (χ1n) is 9.34. The van der Waals surface area contributed by atoms with Crippen LogP contribution in [0.5, 0.6) is 0 Å². The predicted molar refractivity (Wildman–Crippen MR) is 110 cm³/mol. The minimum atomic E-state index is -5.48. The van der Waals surface area contributed by atoms with Crippen molar-refractivity contribution in [1.29, 1.82) is 0 Å². The molecule has 0 saturated carbocycles. The van der Waals surface area contributed by atoms with Crippen LogP contribution in [-0.2, 0) is 9.84 Å². The van der Waals surface area contributed by atoms with Gasteiger partial charge in [0.1, 0.15) is 0 Å². The van der Waals surface area contributed by atoms with Gasteiger partial charge in [-0.05, 0) is 50.6 Å². The van der Waals surface area contributed by atoms with E-state index in [-0.39, 0.29) is 11.7 Å². The molecule has 0 aliphatic heterocycles. The number of amides is 2. The number of hydrogen-bond acceptors (Lipinski definition) is 4. The van der Waals surface area contributed by atoms with Crippen molar-refractivity contribution in [3.63, 3.8) is 0 Å². The molecule has 0 fully saturated rings. The number of anilines is 2. The number of alkyl halides is 3. The SMILES string of the molecule is CCN(CC)C(=O)Nc1ccc([C@@H](C)Nc2ccccc2S(=O)(=O)C(F)(F)F)cc1. The zero-order valence-electron chi connectivity index (χ0n) is 16.8. The highest BCUT2D eigenvalue weighted by atomic mass is 32.2. The van der Waals surface area contributed by atoms with E-state index in [1.54, 1.807) is 36.1 Å². The van der Waals surface area contributed by atoms with Gasteiger partial charge in [0.05, 0.1) is 10.6 Å². The van der Waals surface area contributed by atoms with Crippen molar-refractivity contribution in [2.45, 2.75) is 37.2 Å². The van der Waals surface area contributed by atoms with Crippen molar-refractivity contribution in [3.8, 4) is 0 Å². The molecule has 0 bridgehead atoms. The number of carbonyl (C=O) groups is 1. The molecule has 2 aromatic rings. The average molecular weight is 443 g/mol. The van der Waals surface area contributed by atoms with E-state index in [1.165, 1.54) is 18.2 Å². The second-order valence-corrected chi connectivity index (χ2v) is 8.45. The summed E-state index contributed by atoms with van der Waals surface area (Å²) in [6, 6.07) is 10.9. The van der Waals surface area contributed by atoms with Gasteiger partial charge in [0.25, 0.3) is 9.84 Å². The maximum absolute atomic E-state index is 13.0. The highest BCUT2D eigenvalue weighted by Gasteiger charge is 2.48. The van der Waals surface area contributed by atoms with Gasteiger partial charge in [-0.15, -0.1) is 0 Å². The fourth-order valence-corrected chi connectivity index (χ4v) is 3.75. The molecule has 2 N–H and O–H groups in total. The monoisotopic (exact) mass is 443 g/mol. The molecule has 0 aliphatic rings. The van der Waals surface area contributed by atoms with E-state index < -0.39 is 26.3 Å². The molecule has 0 aromatic heterocycles. The summed E-state index contributed by atoms with van der Waals surface area (Å²) >= 11 is 0. The number of urea groups is 1. The molecular weight excluding hydrogens is 419 g/mol. The molecular formula is C20H24F3N3O3S. The van der Waals surface area contributed by atoms with E-state index in [2.05, 4.69) is 10.6 Å². The van der Waals surface area contributed by atoms with Crippen LogP contribution in [0.15, 0.2) is 53.4 Å². The van der Waals surface area contributed by atoms with Crippen LogP contribution in [0.25, 0.3) is 0 Å². The van der Waals surface area contributed by atoms with Crippen LogP contribution in [0.1, 0.15) is 32.4 Å². The van der Waals surface area contributed by atoms with Crippen molar-refractivity contribution in [1.82, 2.24) is 4.90 Å². The summed E-state index contributed by atoms with van der Waals surface area (Å²) in [4.78, 5) is 12.9. The normalized spacial score (nSPS) is 12.9. The molecule has 6 nitrogen and oxygen atoms in total. The third kappa shape index (κ3) is 5.24. The summed E-state index contributed by atoms with van der Waals surface area (Å²) in [5.74, 6) is 0. The number of para-hydroxylation sites is 1. The maximum Gasteiger partial charge on any atom is 0.501 e. The number of nitrogens with one attached hydrogen (secondary N) is 2. The standard InChI is InChI=1S/C20H24F3N3O3S/c1-4-26(5-2)19(27)25-16-12-10-15(11-13-16)14(3)24-17-8-6-7-9-18(17)30(28,29)20(21,22)23/h6-14,24H,4-5H2,1-3H3,(H,25,27)/t14-/m1/s1. The zero-order valence-corrected chi connectivity index (χ0v) is 17.6. The van der Waals surface area contributed by atoms with Crippen molar-refractivity contribution in [3.05, 3.63) is 54.1 Å². The lowest BCUT2D eigenvalue weighted by Crippen LogP contribution is -2.34. The van der Waals surface area contributed by atoms with Crippen molar-refractivity contribution in [2.75, 3.05) is 23.7 Å². The van der Waals surface area contributed by atoms with Crippen LogP contribution in [0.2, 0.25) is 0 Å². The largest absolute Gasteiger partial charge is 0.501 e. The van der Waals surface area contributed by atoms with Crippen LogP contribution >= 0.6 is 0 Å². The van der Waals surface area contributed by atoms with Crippen LogP contribution in [0, 0.1) is 0 Å². The Balaban J connectivity index is 2.18. The van der Waals surface area contributed by atoms with Crippen LogP contribution in [0.3, 0.4) is 0 Å². The zero-order chi connectivity index (χ0) is 22.5. The molecule has 0 radical (unpaired) electrons. The van der Waals surface area contributed by atoms with Crippen molar-refractivity contribution < 1.29 is 26.4 Å². The van der Waals surface area contributed by atoms with Crippen molar-refractivity contribution in [2.24, 2.45) is 0 Å². The van der Waals surface area contributed by atoms with E-state index >= 15 is 0 Å². The summed E-state index contributed by atoms with van der Waals surface area (Å²) < 4.78 is 62.6. The predicted octanol–water partition coefficient (Wildman–Crippen LogP) is 5.03. The number of sulfone groups is 1. The van der Waals surface area contributed by atoms with Gasteiger partial charge in [-0.1, -0.05) is 24.3 Å². The second-order valence-electron chi connectivity index (χ2n) is 6.54. The Labute approximate surface area is 174 Å². The van der Waals surface area contributed by atoms with Crippen LogP contribution < -0.4 is 10.6 Å². The van der Waals surface area contributed by atoms with Gasteiger partial charge < -0.3 is 15.5 Å². The number of nitrogens with zero attached hydrogens (tertiary/aromatic N) is 1. The second kappa shape index (κ2) is 9.38. The highest BCUT2D eigenvalue weighted by Crippen LogP contribution is 2.35. The Hall–Kier alpha value is -2.75. The van der Waals surface area contributed by atoms with Gasteiger partial charge in [0.2, 0.25) is 0 Å². The Morgan fingerprint density at radius 3 is 2.13 bits per heavy atom. The minimum Gasteiger partial charge on any atom is -0.377 e. The van der Waals surface area contributed by atoms with Crippen LogP contribution in [-0.4, -0.2) is 37.9 Å². The molecule has 10 heteroatoms. The lowest BCUT2D eigenvalue weighted by Gasteiger charge is -2.21. The van der Waals surface area contributed by atoms with E-state index in [9.17, 15) is 26.4 Å². The molecule has 30 heavy (non-hydrogen) atoms. The molecule has 1 atom stereocenters. The first-order valence-corrected chi connectivity index (χ1v) is 10.8. The molecule has 2 rings (SSSR count). The van der Waals surface area contributed by atoms with Gasteiger partial charge in [-0.3, -0.25) is 0 Å². The molecule has 0 aliphatic carbocycles. The van der Waals surface area contributed by atoms with Gasteiger partial charge in [-0.25, -0.2) is 13.2 Å². The van der Waals surface area contributed by atoms with Gasteiger partial charge in [0.15, 0.2) is 0 Å². The molecule has 2 amide bonds. The number of rotatable bonds is 7. The molecule has 2 aromatic carbocycles. The molecule has 0 saturated heterocycles. The summed E-state index contributed by atoms with van der Waals surface area (Å²) in [6.07, 6.45) is 0. The first kappa shape index (κ1) is 23.5. The van der Waals surface area contributed by atoms with Gasteiger partial charge in [0, 0.05) is 24.8 Å². The highest BCUT2D eigenvalue weighted by molar-refractivity contribution is 7.92. The summed E-state index contributed by atoms with van der Waals surface area (Å²) in [5.41, 5.74) is -4.25. The fraction of sp³-hybridized carbons (Fsp3) is 0.350. The number of benzene rings is 2. The third-order valence-electron chi connectivity index (χ3n) is 4.57. The Morgan fingerprint density at radius 1 is 1.03 bits per heavy atom. The number of carbonyl (C=O) groups excluding carboxylic acids is 1. The van der Waals surface area contributed by atoms with Gasteiger partial charge in [-0.2, -0.15) is 13.2 Å². The number of halogens is 3. The maximum atomic E-state index is 13.0. The summed E-state index contributed by atoms with van der Waals surface area (Å²) in [5, 5.41) is 5.59. The van der Waals surface area contributed by atoms with E-state index in [0.29, 0.717) is 24.3 Å². The van der Waals surface area contributed by atoms with E-state index in [0.717, 1.165) is 6.07 Å². The lowest BCUT2D eigenvalue weighted by atomic mass is 10.1. The first-order chi connectivity index (χ1) is 14.0. The number of hydrogen-bond donors (Lipinski definition) is 2. The van der Waals surface area contributed by atoms with Crippen molar-refractivity contribution >= 4 is 27.2 Å². The molecule has 0 unspecified atom stereocenters.